The summed E-state index contributed by atoms with van der Waals surface area (Å²) in [7, 11) is 0. The highest BCUT2D eigenvalue weighted by atomic mass is 16.6. The van der Waals surface area contributed by atoms with E-state index in [4.69, 9.17) is 4.74 Å². The average Bonchev–Trinajstić information content (AvgIpc) is 2.65. The Morgan fingerprint density at radius 3 is 2.80 bits per heavy atom. The Morgan fingerprint density at radius 2 is 2.04 bits per heavy atom. The number of carbonyl (C=O) groups excluding carboxylic acids is 2. The second-order valence-electron chi connectivity index (χ2n) is 6.73. The van der Waals surface area contributed by atoms with Gasteiger partial charge in [-0.05, 0) is 37.7 Å². The van der Waals surface area contributed by atoms with E-state index in [1.165, 1.54) is 31.4 Å². The molecule has 0 N–H and O–H groups in total. The fraction of sp³-hybridized carbons (Fsp3) is 0.556. The van der Waals surface area contributed by atoms with Crippen LogP contribution in [0, 0.1) is 16.0 Å². The van der Waals surface area contributed by atoms with Gasteiger partial charge in [-0.15, -0.1) is 0 Å². The van der Waals surface area contributed by atoms with Gasteiger partial charge in [0.15, 0.2) is 12.9 Å². The summed E-state index contributed by atoms with van der Waals surface area (Å²) in [5.74, 6) is 0.717. The lowest BCUT2D eigenvalue weighted by Gasteiger charge is -2.44. The minimum Gasteiger partial charge on any atom is -0.483 e. The van der Waals surface area contributed by atoms with Gasteiger partial charge in [0.2, 0.25) is 0 Å². The van der Waals surface area contributed by atoms with Crippen LogP contribution in [0.3, 0.4) is 0 Å². The molecule has 1 heterocycles. The molecule has 1 aromatic carbocycles. The molecular weight excluding hydrogens is 324 g/mol. The lowest BCUT2D eigenvalue weighted by molar-refractivity contribution is -0.384. The summed E-state index contributed by atoms with van der Waals surface area (Å²) in [6, 6.07) is 4.10. The molecule has 25 heavy (non-hydrogen) atoms. The van der Waals surface area contributed by atoms with Crippen LogP contribution < -0.4 is 4.74 Å². The fourth-order valence-corrected chi connectivity index (χ4v) is 4.03. The lowest BCUT2D eigenvalue weighted by atomic mass is 9.78. The van der Waals surface area contributed by atoms with Crippen LogP contribution in [-0.4, -0.2) is 41.2 Å². The number of ether oxygens (including phenoxy) is 1. The average molecular weight is 346 g/mol. The first-order valence-corrected chi connectivity index (χ1v) is 8.76. The minimum atomic E-state index is -0.571. The number of carbonyl (C=O) groups is 2. The standard InChI is InChI=1S/C18H22N2O5/c21-11-14-10-15(20(23)24)7-8-17(14)25-12-18(22)19-9-3-5-13-4-1-2-6-16(13)19/h7-8,10-11,13,16H,1-6,9,12H2/t13-,16-/m1/s1. The summed E-state index contributed by atoms with van der Waals surface area (Å²) >= 11 is 0. The number of nitro benzene ring substituents is 1. The van der Waals surface area contributed by atoms with Gasteiger partial charge in [-0.25, -0.2) is 0 Å². The number of aldehydes is 1. The highest BCUT2D eigenvalue weighted by Gasteiger charge is 2.35. The molecule has 1 saturated carbocycles. The van der Waals surface area contributed by atoms with Crippen molar-refractivity contribution in [3.63, 3.8) is 0 Å². The van der Waals surface area contributed by atoms with E-state index < -0.39 is 4.92 Å². The monoisotopic (exact) mass is 346 g/mol. The van der Waals surface area contributed by atoms with Crippen LogP contribution in [-0.2, 0) is 4.79 Å². The van der Waals surface area contributed by atoms with Gasteiger partial charge in [0, 0.05) is 24.7 Å². The molecule has 1 amide bonds. The van der Waals surface area contributed by atoms with E-state index in [0.29, 0.717) is 18.2 Å². The van der Waals surface area contributed by atoms with Crippen LogP contribution in [0.15, 0.2) is 18.2 Å². The van der Waals surface area contributed by atoms with E-state index in [0.717, 1.165) is 31.9 Å². The van der Waals surface area contributed by atoms with E-state index in [1.54, 1.807) is 0 Å². The third-order valence-electron chi connectivity index (χ3n) is 5.25. The SMILES string of the molecule is O=Cc1cc([N+](=O)[O-])ccc1OCC(=O)N1CCC[C@H]2CCCC[C@H]21. The maximum absolute atomic E-state index is 12.6. The van der Waals surface area contributed by atoms with E-state index in [9.17, 15) is 19.7 Å². The Kier molecular flexibility index (Phi) is 5.31. The first kappa shape index (κ1) is 17.4. The fourth-order valence-electron chi connectivity index (χ4n) is 4.03. The van der Waals surface area contributed by atoms with Crippen molar-refractivity contribution in [3.8, 4) is 5.75 Å². The second kappa shape index (κ2) is 7.63. The normalized spacial score (nSPS) is 22.8. The summed E-state index contributed by atoms with van der Waals surface area (Å²) in [6.07, 6.45) is 7.34. The number of benzene rings is 1. The van der Waals surface area contributed by atoms with Crippen LogP contribution >= 0.6 is 0 Å². The number of piperidine rings is 1. The number of amides is 1. The van der Waals surface area contributed by atoms with Crippen LogP contribution in [0.25, 0.3) is 0 Å². The summed E-state index contributed by atoms with van der Waals surface area (Å²) < 4.78 is 5.51. The van der Waals surface area contributed by atoms with Crippen LogP contribution in [0.1, 0.15) is 48.9 Å². The summed E-state index contributed by atoms with van der Waals surface area (Å²) in [5.41, 5.74) is -0.0990. The van der Waals surface area contributed by atoms with Crippen molar-refractivity contribution in [2.24, 2.45) is 5.92 Å². The molecule has 7 nitrogen and oxygen atoms in total. The highest BCUT2D eigenvalue weighted by molar-refractivity contribution is 5.82. The number of hydrogen-bond donors (Lipinski definition) is 0. The molecule has 3 rings (SSSR count). The summed E-state index contributed by atoms with van der Waals surface area (Å²) in [4.78, 5) is 35.9. The number of nitrogens with zero attached hydrogens (tertiary/aromatic N) is 2. The first-order chi connectivity index (χ1) is 12.1. The van der Waals surface area contributed by atoms with Gasteiger partial charge < -0.3 is 9.64 Å². The van der Waals surface area contributed by atoms with Crippen molar-refractivity contribution in [1.29, 1.82) is 0 Å². The molecule has 1 aliphatic carbocycles. The van der Waals surface area contributed by atoms with E-state index in [2.05, 4.69) is 0 Å². The van der Waals surface area contributed by atoms with Gasteiger partial charge >= 0.3 is 0 Å². The molecule has 0 radical (unpaired) electrons. The Bertz CT molecular complexity index is 673. The smallest absolute Gasteiger partial charge is 0.270 e. The number of rotatable bonds is 5. The van der Waals surface area contributed by atoms with Gasteiger partial charge in [0.1, 0.15) is 5.75 Å². The molecule has 1 aliphatic heterocycles. The van der Waals surface area contributed by atoms with E-state index >= 15 is 0 Å². The van der Waals surface area contributed by atoms with E-state index in [-0.39, 0.29) is 29.5 Å². The van der Waals surface area contributed by atoms with Gasteiger partial charge in [-0.2, -0.15) is 0 Å². The van der Waals surface area contributed by atoms with Crippen molar-refractivity contribution in [1.82, 2.24) is 4.90 Å². The van der Waals surface area contributed by atoms with Crippen molar-refractivity contribution >= 4 is 17.9 Å². The summed E-state index contributed by atoms with van der Waals surface area (Å²) in [6.45, 7) is 0.603. The molecule has 0 bridgehead atoms. The first-order valence-electron chi connectivity index (χ1n) is 8.76. The maximum Gasteiger partial charge on any atom is 0.270 e. The number of non-ortho nitro benzene ring substituents is 1. The third-order valence-corrected chi connectivity index (χ3v) is 5.25. The van der Waals surface area contributed by atoms with Crippen LogP contribution in [0.4, 0.5) is 5.69 Å². The highest BCUT2D eigenvalue weighted by Crippen LogP contribution is 2.35. The largest absolute Gasteiger partial charge is 0.483 e. The molecule has 0 aromatic heterocycles. The van der Waals surface area contributed by atoms with Crippen molar-refractivity contribution in [2.45, 2.75) is 44.6 Å². The second-order valence-corrected chi connectivity index (χ2v) is 6.73. The van der Waals surface area contributed by atoms with Gasteiger partial charge in [-0.1, -0.05) is 12.8 Å². The van der Waals surface area contributed by atoms with Crippen LogP contribution in [0.2, 0.25) is 0 Å². The van der Waals surface area contributed by atoms with Crippen molar-refractivity contribution in [2.75, 3.05) is 13.2 Å². The predicted molar refractivity (Wildman–Crippen MR) is 90.7 cm³/mol. The zero-order chi connectivity index (χ0) is 17.8. The zero-order valence-corrected chi connectivity index (χ0v) is 14.1. The number of nitro groups is 1. The predicted octanol–water partition coefficient (Wildman–Crippen LogP) is 2.97. The van der Waals surface area contributed by atoms with Crippen molar-refractivity contribution < 1.29 is 19.2 Å². The molecule has 0 spiro atoms. The van der Waals surface area contributed by atoms with Gasteiger partial charge in [-0.3, -0.25) is 19.7 Å². The molecule has 7 heteroatoms. The topological polar surface area (TPSA) is 89.7 Å². The molecular formula is C18H22N2O5. The molecule has 2 aliphatic rings. The number of hydrogen-bond acceptors (Lipinski definition) is 5. The minimum absolute atomic E-state index is 0.0770. The van der Waals surface area contributed by atoms with E-state index in [1.807, 2.05) is 4.90 Å². The number of fused-ring (bicyclic) bond motifs is 1. The molecule has 2 atom stereocenters. The van der Waals surface area contributed by atoms with Gasteiger partial charge in [0.25, 0.3) is 11.6 Å². The van der Waals surface area contributed by atoms with Crippen LogP contribution in [0.5, 0.6) is 5.75 Å². The molecule has 1 saturated heterocycles. The summed E-state index contributed by atoms with van der Waals surface area (Å²) in [5, 5.41) is 10.8. The number of likely N-dealkylation sites (tertiary alicyclic amines) is 1. The Morgan fingerprint density at radius 1 is 1.28 bits per heavy atom. The van der Waals surface area contributed by atoms with Crippen molar-refractivity contribution in [3.05, 3.63) is 33.9 Å². The zero-order valence-electron chi connectivity index (χ0n) is 14.1. The molecule has 1 aromatic rings. The quantitative estimate of drug-likeness (QED) is 0.464. The Labute approximate surface area is 146 Å². The Hall–Kier alpha value is -2.44. The van der Waals surface area contributed by atoms with Gasteiger partial charge in [0.05, 0.1) is 10.5 Å². The Balaban J connectivity index is 1.65. The third kappa shape index (κ3) is 3.81. The molecule has 134 valence electrons. The lowest BCUT2D eigenvalue weighted by Crippen LogP contribution is -2.51. The maximum atomic E-state index is 12.6. The molecule has 0 unspecified atom stereocenters. The molecule has 2 fully saturated rings.